The van der Waals surface area contributed by atoms with E-state index < -0.39 is 8.56 Å². The Morgan fingerprint density at radius 1 is 0.938 bits per heavy atom. The zero-order chi connectivity index (χ0) is 11.9. The number of rotatable bonds is 7. The molecule has 0 aromatic heterocycles. The van der Waals surface area contributed by atoms with Crippen LogP contribution in [0, 0.1) is 0 Å². The lowest BCUT2D eigenvalue weighted by Crippen LogP contribution is -2.45. The zero-order valence-electron chi connectivity index (χ0n) is 11.3. The van der Waals surface area contributed by atoms with Crippen molar-refractivity contribution >= 4 is 8.56 Å². The molecular formula is C13H28O2Si. The van der Waals surface area contributed by atoms with Gasteiger partial charge in [0.15, 0.2) is 0 Å². The third kappa shape index (κ3) is 4.19. The highest BCUT2D eigenvalue weighted by Gasteiger charge is 2.41. The molecule has 0 radical (unpaired) electrons. The van der Waals surface area contributed by atoms with Crippen LogP contribution in [0.2, 0.25) is 12.1 Å². The molecule has 0 saturated heterocycles. The first-order valence-electron chi connectivity index (χ1n) is 7.00. The lowest BCUT2D eigenvalue weighted by molar-refractivity contribution is 0.156. The highest BCUT2D eigenvalue weighted by Crippen LogP contribution is 2.38. The molecule has 0 atom stereocenters. The van der Waals surface area contributed by atoms with Crippen LogP contribution in [-0.2, 0) is 8.85 Å². The molecule has 16 heavy (non-hydrogen) atoms. The van der Waals surface area contributed by atoms with Crippen molar-refractivity contribution in [1.82, 2.24) is 0 Å². The molecule has 0 aliphatic heterocycles. The molecule has 1 aliphatic rings. The maximum Gasteiger partial charge on any atom is 0.338 e. The summed E-state index contributed by atoms with van der Waals surface area (Å²) in [5.74, 6) is 0. The van der Waals surface area contributed by atoms with Gasteiger partial charge in [0.2, 0.25) is 0 Å². The zero-order valence-corrected chi connectivity index (χ0v) is 12.3. The van der Waals surface area contributed by atoms with E-state index in [0.29, 0.717) is 0 Å². The molecule has 1 fully saturated rings. The summed E-state index contributed by atoms with van der Waals surface area (Å²) < 4.78 is 12.3. The van der Waals surface area contributed by atoms with Gasteiger partial charge in [-0.2, -0.15) is 0 Å². The average molecular weight is 244 g/mol. The molecule has 3 heteroatoms. The van der Waals surface area contributed by atoms with Gasteiger partial charge in [-0.25, -0.2) is 0 Å². The summed E-state index contributed by atoms with van der Waals surface area (Å²) in [6.45, 7) is 8.39. The highest BCUT2D eigenvalue weighted by atomic mass is 28.4. The van der Waals surface area contributed by atoms with Crippen LogP contribution < -0.4 is 0 Å². The maximum absolute atomic E-state index is 6.14. The lowest BCUT2D eigenvalue weighted by atomic mass is 10.0. The van der Waals surface area contributed by atoms with Crippen LogP contribution in [-0.4, -0.2) is 21.8 Å². The minimum Gasteiger partial charge on any atom is -0.394 e. The average Bonchev–Trinajstić information content (AvgIpc) is 2.35. The molecule has 1 rings (SSSR count). The Hall–Kier alpha value is 0.137. The van der Waals surface area contributed by atoms with Crippen molar-refractivity contribution < 1.29 is 8.85 Å². The van der Waals surface area contributed by atoms with E-state index >= 15 is 0 Å². The molecular weight excluding hydrogens is 216 g/mol. The van der Waals surface area contributed by atoms with E-state index in [1.54, 1.807) is 0 Å². The summed E-state index contributed by atoms with van der Waals surface area (Å²) in [5.41, 5.74) is 0.736. The molecule has 1 saturated carbocycles. The summed E-state index contributed by atoms with van der Waals surface area (Å²) >= 11 is 0. The molecule has 0 amide bonds. The van der Waals surface area contributed by atoms with E-state index in [4.69, 9.17) is 8.85 Å². The third-order valence-corrected chi connectivity index (χ3v) is 7.15. The molecule has 0 N–H and O–H groups in total. The maximum atomic E-state index is 6.14. The highest BCUT2D eigenvalue weighted by molar-refractivity contribution is 6.67. The van der Waals surface area contributed by atoms with E-state index in [0.717, 1.165) is 31.6 Å². The van der Waals surface area contributed by atoms with Crippen molar-refractivity contribution in [3.63, 3.8) is 0 Å². The Morgan fingerprint density at radius 3 is 1.88 bits per heavy atom. The Morgan fingerprint density at radius 2 is 1.44 bits per heavy atom. The topological polar surface area (TPSA) is 18.5 Å². The number of hydrogen-bond acceptors (Lipinski definition) is 2. The molecule has 96 valence electrons. The molecule has 0 spiro atoms. The quantitative estimate of drug-likeness (QED) is 0.623. The fourth-order valence-corrected chi connectivity index (χ4v) is 5.74. The predicted molar refractivity (Wildman–Crippen MR) is 70.9 cm³/mol. The smallest absolute Gasteiger partial charge is 0.338 e. The Labute approximate surface area is 102 Å². The van der Waals surface area contributed by atoms with Gasteiger partial charge in [-0.15, -0.1) is 0 Å². The van der Waals surface area contributed by atoms with Crippen molar-refractivity contribution in [2.75, 3.05) is 13.2 Å². The predicted octanol–water partition coefficient (Wildman–Crippen LogP) is 4.25. The van der Waals surface area contributed by atoms with Crippen LogP contribution >= 0.6 is 0 Å². The van der Waals surface area contributed by atoms with Gasteiger partial charge in [0.25, 0.3) is 0 Å². The van der Waals surface area contributed by atoms with Crippen molar-refractivity contribution in [2.45, 2.75) is 70.9 Å². The summed E-state index contributed by atoms with van der Waals surface area (Å²) in [7, 11) is -1.89. The fourth-order valence-electron chi connectivity index (χ4n) is 2.51. The SMILES string of the molecule is CCCO[Si](C)(OCCC)C1CCCCC1. The van der Waals surface area contributed by atoms with E-state index in [-0.39, 0.29) is 0 Å². The van der Waals surface area contributed by atoms with E-state index in [2.05, 4.69) is 20.4 Å². The Balaban J connectivity index is 2.51. The molecule has 0 bridgehead atoms. The third-order valence-electron chi connectivity index (χ3n) is 3.53. The largest absolute Gasteiger partial charge is 0.394 e. The van der Waals surface area contributed by atoms with E-state index in [1.807, 2.05) is 0 Å². The molecule has 0 aromatic rings. The van der Waals surface area contributed by atoms with Gasteiger partial charge >= 0.3 is 8.56 Å². The van der Waals surface area contributed by atoms with Crippen LogP contribution in [0.1, 0.15) is 58.8 Å². The van der Waals surface area contributed by atoms with E-state index in [1.165, 1.54) is 32.1 Å². The van der Waals surface area contributed by atoms with Gasteiger partial charge in [-0.1, -0.05) is 33.1 Å². The van der Waals surface area contributed by atoms with Gasteiger partial charge in [0.05, 0.1) is 0 Å². The van der Waals surface area contributed by atoms with Crippen molar-refractivity contribution in [3.8, 4) is 0 Å². The van der Waals surface area contributed by atoms with Gasteiger partial charge in [-0.05, 0) is 32.2 Å². The molecule has 2 nitrogen and oxygen atoms in total. The first-order valence-corrected chi connectivity index (χ1v) is 9.40. The van der Waals surface area contributed by atoms with Crippen LogP contribution in [0.4, 0.5) is 0 Å². The van der Waals surface area contributed by atoms with Gasteiger partial charge in [-0.3, -0.25) is 0 Å². The van der Waals surface area contributed by atoms with Crippen LogP contribution in [0.25, 0.3) is 0 Å². The van der Waals surface area contributed by atoms with Gasteiger partial charge in [0.1, 0.15) is 0 Å². The minimum absolute atomic E-state index is 0.736. The van der Waals surface area contributed by atoms with Crippen molar-refractivity contribution in [1.29, 1.82) is 0 Å². The monoisotopic (exact) mass is 244 g/mol. The van der Waals surface area contributed by atoms with Crippen molar-refractivity contribution in [3.05, 3.63) is 0 Å². The molecule has 0 aromatic carbocycles. The Kier molecular flexibility index (Phi) is 6.62. The second kappa shape index (κ2) is 7.46. The second-order valence-electron chi connectivity index (χ2n) is 5.05. The van der Waals surface area contributed by atoms with Crippen LogP contribution in [0.3, 0.4) is 0 Å². The van der Waals surface area contributed by atoms with Gasteiger partial charge in [0, 0.05) is 18.8 Å². The lowest BCUT2D eigenvalue weighted by Gasteiger charge is -2.36. The second-order valence-corrected chi connectivity index (χ2v) is 8.47. The first-order chi connectivity index (χ1) is 7.73. The minimum atomic E-state index is -1.89. The van der Waals surface area contributed by atoms with E-state index in [9.17, 15) is 0 Å². The van der Waals surface area contributed by atoms with Gasteiger partial charge < -0.3 is 8.85 Å². The summed E-state index contributed by atoms with van der Waals surface area (Å²) in [6, 6.07) is 0. The summed E-state index contributed by atoms with van der Waals surface area (Å²) in [4.78, 5) is 0. The Bertz CT molecular complexity index is 171. The fraction of sp³-hybridized carbons (Fsp3) is 1.00. The molecule has 0 heterocycles. The van der Waals surface area contributed by atoms with Crippen LogP contribution in [0.5, 0.6) is 0 Å². The standard InChI is InChI=1S/C13H28O2Si/c1-4-11-14-16(3,15-12-5-2)13-9-7-6-8-10-13/h13H,4-12H2,1-3H3. The molecule has 1 aliphatic carbocycles. The molecule has 0 unspecified atom stereocenters. The first kappa shape index (κ1) is 14.2. The van der Waals surface area contributed by atoms with Crippen molar-refractivity contribution in [2.24, 2.45) is 0 Å². The number of hydrogen-bond donors (Lipinski definition) is 0. The normalized spacial score (nSPS) is 18.9. The van der Waals surface area contributed by atoms with Crippen LogP contribution in [0.15, 0.2) is 0 Å². The summed E-state index contributed by atoms with van der Waals surface area (Å²) in [6.07, 6.45) is 9.01. The summed E-state index contributed by atoms with van der Waals surface area (Å²) in [5, 5.41) is 0.